The molecule has 2 heterocycles. The Hall–Kier alpha value is -3.73. The van der Waals surface area contributed by atoms with E-state index in [1.807, 2.05) is 43.5 Å². The maximum Gasteiger partial charge on any atom is 0.269 e. The third-order valence-electron chi connectivity index (χ3n) is 5.54. The normalized spacial score (nSPS) is 11.4. The molecule has 30 heavy (non-hydrogen) atoms. The molecule has 4 rings (SSSR count). The largest absolute Gasteiger partial charge is 0.364 e. The van der Waals surface area contributed by atoms with Crippen LogP contribution in [0.3, 0.4) is 0 Å². The van der Waals surface area contributed by atoms with Crippen molar-refractivity contribution in [3.05, 3.63) is 102 Å². The topological polar surface area (TPSA) is 73.8 Å². The van der Waals surface area contributed by atoms with Crippen LogP contribution in [0, 0.1) is 6.92 Å². The van der Waals surface area contributed by atoms with E-state index in [4.69, 9.17) is 5.73 Å². The molecule has 1 amide bonds. The quantitative estimate of drug-likeness (QED) is 0.533. The third-order valence-corrected chi connectivity index (χ3v) is 5.54. The van der Waals surface area contributed by atoms with Crippen molar-refractivity contribution in [1.29, 1.82) is 0 Å². The molecule has 0 bridgehead atoms. The van der Waals surface area contributed by atoms with Crippen molar-refractivity contribution in [2.45, 2.75) is 26.2 Å². The Morgan fingerprint density at radius 2 is 1.57 bits per heavy atom. The van der Waals surface area contributed by atoms with E-state index in [0.29, 0.717) is 0 Å². The summed E-state index contributed by atoms with van der Waals surface area (Å²) >= 11 is 0. The van der Waals surface area contributed by atoms with Gasteiger partial charge in [-0.25, -0.2) is 4.68 Å². The van der Waals surface area contributed by atoms with Crippen molar-refractivity contribution in [2.75, 3.05) is 0 Å². The summed E-state index contributed by atoms with van der Waals surface area (Å²) in [6.07, 6.45) is 1.81. The zero-order valence-corrected chi connectivity index (χ0v) is 17.3. The first-order valence-electron chi connectivity index (χ1n) is 9.85. The van der Waals surface area contributed by atoms with Gasteiger partial charge in [0.25, 0.3) is 5.91 Å². The molecule has 150 valence electrons. The van der Waals surface area contributed by atoms with E-state index in [-0.39, 0.29) is 11.1 Å². The predicted octanol–water partition coefficient (Wildman–Crippen LogP) is 4.67. The molecule has 0 spiro atoms. The van der Waals surface area contributed by atoms with E-state index in [0.717, 1.165) is 22.6 Å². The number of primary amides is 1. The molecule has 2 N–H and O–H groups in total. The van der Waals surface area contributed by atoms with Crippen molar-refractivity contribution >= 4 is 5.91 Å². The van der Waals surface area contributed by atoms with Crippen molar-refractivity contribution in [2.24, 2.45) is 5.73 Å². The number of hydrogen-bond donors (Lipinski definition) is 1. The van der Waals surface area contributed by atoms with Crippen LogP contribution in [0.4, 0.5) is 0 Å². The molecule has 0 atom stereocenters. The number of amides is 1. The molecular weight excluding hydrogens is 372 g/mol. The Morgan fingerprint density at radius 1 is 0.933 bits per heavy atom. The maximum absolute atomic E-state index is 11.4. The van der Waals surface area contributed by atoms with Gasteiger partial charge in [0.05, 0.1) is 11.4 Å². The maximum atomic E-state index is 11.4. The molecule has 5 heteroatoms. The first kappa shape index (κ1) is 19.6. The molecule has 0 unspecified atom stereocenters. The second-order valence-corrected chi connectivity index (χ2v) is 7.91. The van der Waals surface area contributed by atoms with Crippen LogP contribution in [0.15, 0.2) is 79.0 Å². The lowest BCUT2D eigenvalue weighted by molar-refractivity contribution is 0.0995. The number of hydrogen-bond acceptors (Lipinski definition) is 3. The summed E-state index contributed by atoms with van der Waals surface area (Å²) in [5.41, 5.74) is 11.7. The van der Waals surface area contributed by atoms with Gasteiger partial charge in [-0.2, -0.15) is 5.10 Å². The van der Waals surface area contributed by atoms with Crippen LogP contribution in [-0.4, -0.2) is 20.7 Å². The van der Waals surface area contributed by atoms with Crippen LogP contribution >= 0.6 is 0 Å². The van der Waals surface area contributed by atoms with Gasteiger partial charge < -0.3 is 5.73 Å². The molecule has 0 aliphatic carbocycles. The highest BCUT2D eigenvalue weighted by molar-refractivity contribution is 5.90. The Bertz CT molecular complexity index is 1170. The SMILES string of the molecule is Cc1cc(C(N)=O)nn1-c1ccc(C(C)(C)c2ccc(-c3ccccn3)cc2)cc1. The summed E-state index contributed by atoms with van der Waals surface area (Å²) in [6.45, 7) is 6.32. The molecule has 0 fully saturated rings. The summed E-state index contributed by atoms with van der Waals surface area (Å²) in [5, 5.41) is 4.30. The first-order valence-corrected chi connectivity index (χ1v) is 9.85. The Kier molecular flexibility index (Phi) is 4.96. The second-order valence-electron chi connectivity index (χ2n) is 7.91. The monoisotopic (exact) mass is 396 g/mol. The fourth-order valence-electron chi connectivity index (χ4n) is 3.63. The number of benzene rings is 2. The molecule has 0 aliphatic heterocycles. The highest BCUT2D eigenvalue weighted by Crippen LogP contribution is 2.33. The Labute approximate surface area is 176 Å². The fourth-order valence-corrected chi connectivity index (χ4v) is 3.63. The third kappa shape index (κ3) is 3.62. The fraction of sp³-hybridized carbons (Fsp3) is 0.160. The van der Waals surface area contributed by atoms with Crippen LogP contribution in [0.5, 0.6) is 0 Å². The minimum atomic E-state index is -0.524. The van der Waals surface area contributed by atoms with Crippen LogP contribution in [-0.2, 0) is 5.41 Å². The summed E-state index contributed by atoms with van der Waals surface area (Å²) in [7, 11) is 0. The zero-order valence-electron chi connectivity index (χ0n) is 17.3. The van der Waals surface area contributed by atoms with Crippen molar-refractivity contribution < 1.29 is 4.79 Å². The molecule has 0 aliphatic rings. The van der Waals surface area contributed by atoms with Crippen molar-refractivity contribution in [3.63, 3.8) is 0 Å². The number of aryl methyl sites for hydroxylation is 1. The van der Waals surface area contributed by atoms with Gasteiger partial charge in [-0.1, -0.05) is 56.3 Å². The number of rotatable bonds is 5. The van der Waals surface area contributed by atoms with E-state index in [9.17, 15) is 4.79 Å². The summed E-state index contributed by atoms with van der Waals surface area (Å²) in [4.78, 5) is 15.8. The van der Waals surface area contributed by atoms with Crippen LogP contribution in [0.1, 0.15) is 41.2 Å². The van der Waals surface area contributed by atoms with Gasteiger partial charge >= 0.3 is 0 Å². The van der Waals surface area contributed by atoms with Gasteiger partial charge in [-0.05, 0) is 48.4 Å². The lowest BCUT2D eigenvalue weighted by Crippen LogP contribution is -2.19. The molecule has 2 aromatic heterocycles. The smallest absolute Gasteiger partial charge is 0.269 e. The van der Waals surface area contributed by atoms with Gasteiger partial charge in [0.2, 0.25) is 0 Å². The van der Waals surface area contributed by atoms with Gasteiger partial charge in [0.15, 0.2) is 5.69 Å². The van der Waals surface area contributed by atoms with Crippen molar-refractivity contribution in [3.8, 4) is 16.9 Å². The van der Waals surface area contributed by atoms with Crippen LogP contribution in [0.2, 0.25) is 0 Å². The van der Waals surface area contributed by atoms with Crippen LogP contribution < -0.4 is 5.73 Å². The zero-order chi connectivity index (χ0) is 21.3. The van der Waals surface area contributed by atoms with E-state index in [2.05, 4.69) is 60.3 Å². The van der Waals surface area contributed by atoms with E-state index in [1.165, 1.54) is 11.1 Å². The van der Waals surface area contributed by atoms with Crippen molar-refractivity contribution in [1.82, 2.24) is 14.8 Å². The molecule has 4 aromatic rings. The van der Waals surface area contributed by atoms with E-state index < -0.39 is 5.91 Å². The van der Waals surface area contributed by atoms with Crippen LogP contribution in [0.25, 0.3) is 16.9 Å². The van der Waals surface area contributed by atoms with Gasteiger partial charge in [0.1, 0.15) is 0 Å². The summed E-state index contributed by atoms with van der Waals surface area (Å²) in [6, 6.07) is 24.4. The molecule has 0 radical (unpaired) electrons. The molecular formula is C25H24N4O. The number of carbonyl (C=O) groups excluding carboxylic acids is 1. The number of pyridine rings is 1. The number of nitrogens with two attached hydrogens (primary N) is 1. The Morgan fingerprint density at radius 3 is 2.10 bits per heavy atom. The highest BCUT2D eigenvalue weighted by atomic mass is 16.1. The minimum Gasteiger partial charge on any atom is -0.364 e. The average molecular weight is 396 g/mol. The highest BCUT2D eigenvalue weighted by Gasteiger charge is 2.23. The standard InChI is InChI=1S/C25H24N4O/c1-17-16-23(24(26)30)28-29(17)21-13-11-20(12-14-21)25(2,3)19-9-7-18(8-10-19)22-6-4-5-15-27-22/h4-16H,1-3H3,(H2,26,30). The van der Waals surface area contributed by atoms with Gasteiger partial charge in [-0.15, -0.1) is 0 Å². The van der Waals surface area contributed by atoms with E-state index >= 15 is 0 Å². The second kappa shape index (κ2) is 7.59. The molecule has 0 saturated carbocycles. The summed E-state index contributed by atoms with van der Waals surface area (Å²) in [5.74, 6) is -0.524. The first-order chi connectivity index (χ1) is 14.4. The lowest BCUT2D eigenvalue weighted by atomic mass is 9.78. The Balaban J connectivity index is 1.61. The summed E-state index contributed by atoms with van der Waals surface area (Å²) < 4.78 is 1.73. The molecule has 2 aromatic carbocycles. The number of nitrogens with zero attached hydrogens (tertiary/aromatic N) is 3. The van der Waals surface area contributed by atoms with Gasteiger partial charge in [0, 0.05) is 22.9 Å². The number of carbonyl (C=O) groups is 1. The minimum absolute atomic E-state index is 0.168. The predicted molar refractivity (Wildman–Crippen MR) is 119 cm³/mol. The molecule has 0 saturated heterocycles. The number of aromatic nitrogens is 3. The lowest BCUT2D eigenvalue weighted by Gasteiger charge is -2.26. The van der Waals surface area contributed by atoms with E-state index in [1.54, 1.807) is 10.7 Å². The average Bonchev–Trinajstić information content (AvgIpc) is 3.16. The van der Waals surface area contributed by atoms with Gasteiger partial charge in [-0.3, -0.25) is 9.78 Å². The molecule has 5 nitrogen and oxygen atoms in total.